The van der Waals surface area contributed by atoms with Crippen molar-refractivity contribution in [2.45, 2.75) is 25.6 Å². The summed E-state index contributed by atoms with van der Waals surface area (Å²) in [5.41, 5.74) is 1.30. The lowest BCUT2D eigenvalue weighted by Crippen LogP contribution is -2.46. The van der Waals surface area contributed by atoms with Crippen molar-refractivity contribution in [3.8, 4) is 11.3 Å². The number of alkyl halides is 3. The molecule has 4 aromatic rings. The molecule has 206 valence electrons. The van der Waals surface area contributed by atoms with E-state index in [4.69, 9.17) is 11.6 Å². The Bertz CT molecular complexity index is 1590. The highest BCUT2D eigenvalue weighted by molar-refractivity contribution is 7.14. The quantitative estimate of drug-likeness (QED) is 0.279. The van der Waals surface area contributed by atoms with Crippen molar-refractivity contribution in [2.24, 2.45) is 7.05 Å². The zero-order valence-corrected chi connectivity index (χ0v) is 22.8. The Labute approximate surface area is 236 Å². The number of aryl methyl sites for hydroxylation is 2. The summed E-state index contributed by atoms with van der Waals surface area (Å²) in [6.07, 6.45) is -3.09. The predicted octanol–water partition coefficient (Wildman–Crippen LogP) is 5.77. The van der Waals surface area contributed by atoms with Crippen molar-refractivity contribution in [2.75, 3.05) is 6.54 Å². The van der Waals surface area contributed by atoms with Crippen molar-refractivity contribution in [1.29, 1.82) is 0 Å². The van der Waals surface area contributed by atoms with Crippen LogP contribution in [0.5, 0.6) is 0 Å². The number of imide groups is 1. The molecule has 0 radical (unpaired) electrons. The van der Waals surface area contributed by atoms with Gasteiger partial charge in [0.1, 0.15) is 0 Å². The van der Waals surface area contributed by atoms with Crippen molar-refractivity contribution < 1.29 is 27.6 Å². The Morgan fingerprint density at radius 1 is 1.05 bits per heavy atom. The molecule has 7 nitrogen and oxygen atoms in total. The minimum absolute atomic E-state index is 0.0478. The number of hydrogen-bond donors (Lipinski definition) is 1. The number of amides is 3. The minimum Gasteiger partial charge on any atom is -0.346 e. The summed E-state index contributed by atoms with van der Waals surface area (Å²) in [5, 5.41) is 7.39. The molecule has 40 heavy (non-hydrogen) atoms. The van der Waals surface area contributed by atoms with Gasteiger partial charge in [-0.1, -0.05) is 41.9 Å². The zero-order valence-electron chi connectivity index (χ0n) is 21.3. The van der Waals surface area contributed by atoms with E-state index in [0.29, 0.717) is 21.2 Å². The fraction of sp³-hybridized carbons (Fsp3) is 0.214. The van der Waals surface area contributed by atoms with E-state index in [1.165, 1.54) is 41.8 Å². The van der Waals surface area contributed by atoms with E-state index in [0.717, 1.165) is 27.5 Å². The fourth-order valence-corrected chi connectivity index (χ4v) is 5.94. The van der Waals surface area contributed by atoms with Crippen LogP contribution in [0, 0.1) is 6.92 Å². The third kappa shape index (κ3) is 5.26. The molecule has 1 aliphatic heterocycles. The van der Waals surface area contributed by atoms with Crippen molar-refractivity contribution in [1.82, 2.24) is 20.0 Å². The van der Waals surface area contributed by atoms with Crippen LogP contribution >= 0.6 is 22.9 Å². The molecule has 1 N–H and O–H groups in total. The molecule has 12 heteroatoms. The molecule has 5 rings (SSSR count). The summed E-state index contributed by atoms with van der Waals surface area (Å²) in [6, 6.07) is 11.9. The van der Waals surface area contributed by atoms with Crippen LogP contribution in [0.1, 0.15) is 46.4 Å². The molecule has 0 spiro atoms. The molecule has 1 atom stereocenters. The number of nitrogens with one attached hydrogen (secondary N) is 1. The minimum atomic E-state index is -4.55. The van der Waals surface area contributed by atoms with Crippen molar-refractivity contribution in [3.05, 3.63) is 97.8 Å². The average Bonchev–Trinajstić information content (AvgIpc) is 3.53. The molecular weight excluding hydrogens is 565 g/mol. The Kier molecular flexibility index (Phi) is 7.28. The van der Waals surface area contributed by atoms with Gasteiger partial charge < -0.3 is 5.32 Å². The molecule has 0 saturated carbocycles. The number of benzene rings is 2. The van der Waals surface area contributed by atoms with Gasteiger partial charge in [0.25, 0.3) is 17.7 Å². The molecule has 0 bridgehead atoms. The van der Waals surface area contributed by atoms with Gasteiger partial charge >= 0.3 is 6.18 Å². The lowest BCUT2D eigenvalue weighted by atomic mass is 10.0. The highest BCUT2D eigenvalue weighted by Gasteiger charge is 2.37. The Morgan fingerprint density at radius 2 is 1.73 bits per heavy atom. The van der Waals surface area contributed by atoms with E-state index in [9.17, 15) is 27.6 Å². The summed E-state index contributed by atoms with van der Waals surface area (Å²) < 4.78 is 41.6. The van der Waals surface area contributed by atoms with Crippen LogP contribution in [0.25, 0.3) is 11.3 Å². The van der Waals surface area contributed by atoms with E-state index < -0.39 is 35.5 Å². The van der Waals surface area contributed by atoms with Crippen LogP contribution in [0.2, 0.25) is 5.02 Å². The summed E-state index contributed by atoms with van der Waals surface area (Å²) in [4.78, 5) is 41.6. The largest absolute Gasteiger partial charge is 0.416 e. The van der Waals surface area contributed by atoms with E-state index in [1.54, 1.807) is 29.9 Å². The van der Waals surface area contributed by atoms with Crippen LogP contribution in [0.15, 0.2) is 60.8 Å². The summed E-state index contributed by atoms with van der Waals surface area (Å²) in [7, 11) is 1.73. The standard InChI is InChI=1S/C28H22ClF3N4O3S/c1-15-21(24-22(29)13-33-35(24)2)12-23(40-15)25(37)34-18(11-16-6-5-7-17(10-16)28(30,31)32)14-36-26(38)19-8-3-4-9-20(19)27(36)39/h3-10,12-13,18H,11,14H2,1-2H3,(H,34,37)/t18-/m0/s1. The maximum atomic E-state index is 13.4. The van der Waals surface area contributed by atoms with Gasteiger partial charge in [0.05, 0.1) is 44.5 Å². The summed E-state index contributed by atoms with van der Waals surface area (Å²) in [6.45, 7) is 1.61. The van der Waals surface area contributed by atoms with Gasteiger partial charge in [0.2, 0.25) is 0 Å². The Balaban J connectivity index is 1.44. The first kappa shape index (κ1) is 27.6. The molecule has 3 heterocycles. The first-order valence-corrected chi connectivity index (χ1v) is 13.3. The van der Waals surface area contributed by atoms with Gasteiger partial charge in [0.15, 0.2) is 0 Å². The van der Waals surface area contributed by atoms with Crippen LogP contribution < -0.4 is 5.32 Å². The summed E-state index contributed by atoms with van der Waals surface area (Å²) in [5.74, 6) is -1.54. The second-order valence-corrected chi connectivity index (χ2v) is 11.0. The SMILES string of the molecule is Cc1sc(C(=O)N[C@@H](Cc2cccc(C(F)(F)F)c2)CN2C(=O)c3ccccc3C2=O)cc1-c1c(Cl)cnn1C. The smallest absolute Gasteiger partial charge is 0.346 e. The van der Waals surface area contributed by atoms with Crippen molar-refractivity contribution in [3.63, 3.8) is 0 Å². The number of hydrogen-bond acceptors (Lipinski definition) is 5. The van der Waals surface area contributed by atoms with Crippen LogP contribution in [0.3, 0.4) is 0 Å². The van der Waals surface area contributed by atoms with Crippen LogP contribution in [-0.4, -0.2) is 45.0 Å². The van der Waals surface area contributed by atoms with Gasteiger partial charge in [-0.2, -0.15) is 18.3 Å². The van der Waals surface area contributed by atoms with Gasteiger partial charge in [-0.05, 0) is 43.2 Å². The topological polar surface area (TPSA) is 84.3 Å². The number of carbonyl (C=O) groups excluding carboxylic acids is 3. The first-order valence-electron chi connectivity index (χ1n) is 12.1. The third-order valence-corrected chi connectivity index (χ3v) is 7.97. The Hall–Kier alpha value is -3.96. The van der Waals surface area contributed by atoms with Gasteiger partial charge in [-0.25, -0.2) is 0 Å². The van der Waals surface area contributed by atoms with E-state index >= 15 is 0 Å². The van der Waals surface area contributed by atoms with Gasteiger partial charge in [0, 0.05) is 24.0 Å². The van der Waals surface area contributed by atoms with Gasteiger partial charge in [-0.3, -0.25) is 24.0 Å². The molecule has 3 amide bonds. The van der Waals surface area contributed by atoms with Crippen LogP contribution in [0.4, 0.5) is 13.2 Å². The normalized spacial score (nSPS) is 14.0. The summed E-state index contributed by atoms with van der Waals surface area (Å²) >= 11 is 7.51. The van der Waals surface area contributed by atoms with E-state index in [1.807, 2.05) is 6.92 Å². The van der Waals surface area contributed by atoms with Gasteiger partial charge in [-0.15, -0.1) is 11.3 Å². The fourth-order valence-electron chi connectivity index (χ4n) is 4.75. The highest BCUT2D eigenvalue weighted by Crippen LogP contribution is 2.35. The third-order valence-electron chi connectivity index (χ3n) is 6.64. The molecule has 0 unspecified atom stereocenters. The van der Waals surface area contributed by atoms with E-state index in [2.05, 4.69) is 10.4 Å². The molecular formula is C28H22ClF3N4O3S. The molecule has 0 fully saturated rings. The number of thiophene rings is 1. The molecule has 2 aromatic heterocycles. The zero-order chi connectivity index (χ0) is 28.8. The maximum Gasteiger partial charge on any atom is 0.416 e. The highest BCUT2D eigenvalue weighted by atomic mass is 35.5. The second-order valence-electron chi connectivity index (χ2n) is 9.38. The first-order chi connectivity index (χ1) is 18.9. The second kappa shape index (κ2) is 10.5. The van der Waals surface area contributed by atoms with Crippen LogP contribution in [-0.2, 0) is 19.6 Å². The lowest BCUT2D eigenvalue weighted by Gasteiger charge is -2.24. The lowest BCUT2D eigenvalue weighted by molar-refractivity contribution is -0.137. The van der Waals surface area contributed by atoms with Crippen molar-refractivity contribution >= 4 is 40.7 Å². The van der Waals surface area contributed by atoms with E-state index in [-0.39, 0.29) is 24.1 Å². The number of fused-ring (bicyclic) bond motifs is 1. The monoisotopic (exact) mass is 586 g/mol. The molecule has 0 aliphatic carbocycles. The molecule has 1 aliphatic rings. The number of aromatic nitrogens is 2. The number of rotatable bonds is 7. The Morgan fingerprint density at radius 3 is 2.33 bits per heavy atom. The average molecular weight is 587 g/mol. The number of halogens is 4. The number of carbonyl (C=O) groups is 3. The number of nitrogens with zero attached hydrogens (tertiary/aromatic N) is 3. The predicted molar refractivity (Wildman–Crippen MR) is 144 cm³/mol. The molecule has 2 aromatic carbocycles. The molecule has 0 saturated heterocycles. The maximum absolute atomic E-state index is 13.4.